The highest BCUT2D eigenvalue weighted by Crippen LogP contribution is 2.31. The molecule has 0 fully saturated rings. The van der Waals surface area contributed by atoms with E-state index in [4.69, 9.17) is 34.7 Å². The molecule has 0 aliphatic carbocycles. The molecule has 0 aliphatic heterocycles. The number of nitrogens with two attached hydrogens (primary N) is 2. The second kappa shape index (κ2) is 10.7. The Morgan fingerprint density at radius 1 is 1.09 bits per heavy atom. The lowest BCUT2D eigenvalue weighted by atomic mass is 10.1. The molecule has 5 N–H and O–H groups in total. The number of carbonyl (C=O) groups excluding carboxylic acids is 1. The number of likely N-dealkylation sites (N-methyl/N-ethyl adjacent to an activating group) is 1. The molecule has 1 aromatic heterocycles. The van der Waals surface area contributed by atoms with Gasteiger partial charge in [-0.3, -0.25) is 4.79 Å². The fourth-order valence-corrected chi connectivity index (χ4v) is 5.39. The van der Waals surface area contributed by atoms with Gasteiger partial charge < -0.3 is 20.9 Å². The molecule has 1 amide bonds. The molecule has 0 bridgehead atoms. The van der Waals surface area contributed by atoms with Gasteiger partial charge in [0.2, 0.25) is 15.9 Å². The fraction of sp³-hybridized carbons (Fsp3) is 0.261. The van der Waals surface area contributed by atoms with Crippen molar-refractivity contribution < 1.29 is 13.2 Å². The summed E-state index contributed by atoms with van der Waals surface area (Å²) in [5.74, 6) is 0.121. The molecule has 2 aromatic carbocycles. The minimum atomic E-state index is -4.15. The summed E-state index contributed by atoms with van der Waals surface area (Å²) in [6.45, 7) is 2.21. The molecule has 8 nitrogen and oxygen atoms in total. The van der Waals surface area contributed by atoms with E-state index >= 15 is 0 Å². The summed E-state index contributed by atoms with van der Waals surface area (Å²) in [7, 11) is -2.51. The van der Waals surface area contributed by atoms with Crippen LogP contribution < -0.4 is 16.2 Å². The van der Waals surface area contributed by atoms with E-state index in [2.05, 4.69) is 4.72 Å². The van der Waals surface area contributed by atoms with Crippen LogP contribution in [0.2, 0.25) is 10.0 Å². The molecule has 182 valence electrons. The monoisotopic (exact) mass is 523 g/mol. The Bertz CT molecular complexity index is 1240. The third-order valence-electron chi connectivity index (χ3n) is 5.69. The minimum absolute atomic E-state index is 0.00526. The van der Waals surface area contributed by atoms with Gasteiger partial charge in [0.1, 0.15) is 11.9 Å². The average molecular weight is 524 g/mol. The van der Waals surface area contributed by atoms with Gasteiger partial charge >= 0.3 is 0 Å². The number of rotatable bonds is 9. The summed E-state index contributed by atoms with van der Waals surface area (Å²) < 4.78 is 30.6. The van der Waals surface area contributed by atoms with E-state index in [0.29, 0.717) is 12.4 Å². The Labute approximate surface area is 209 Å². The molecule has 0 spiro atoms. The summed E-state index contributed by atoms with van der Waals surface area (Å²) in [5, 5.41) is 0.0105. The fourth-order valence-electron chi connectivity index (χ4n) is 3.50. The van der Waals surface area contributed by atoms with Crippen LogP contribution in [0.4, 0.5) is 11.5 Å². The number of hydrogen-bond acceptors (Lipinski definition) is 5. The summed E-state index contributed by atoms with van der Waals surface area (Å²) in [6, 6.07) is 14.0. The van der Waals surface area contributed by atoms with Gasteiger partial charge in [-0.25, -0.2) is 8.42 Å². The van der Waals surface area contributed by atoms with Crippen LogP contribution in [0.15, 0.2) is 65.7 Å². The van der Waals surface area contributed by atoms with Gasteiger partial charge in [-0.1, -0.05) is 53.5 Å². The number of hydrogen-bond donors (Lipinski definition) is 3. The van der Waals surface area contributed by atoms with Gasteiger partial charge in [-0.15, -0.1) is 0 Å². The number of nitrogen functional groups attached to an aromatic ring is 2. The highest BCUT2D eigenvalue weighted by atomic mass is 35.5. The van der Waals surface area contributed by atoms with Gasteiger partial charge in [-0.05, 0) is 43.2 Å². The van der Waals surface area contributed by atoms with Crippen molar-refractivity contribution in [1.29, 1.82) is 0 Å². The van der Waals surface area contributed by atoms with Gasteiger partial charge in [0.25, 0.3) is 0 Å². The number of nitrogens with zero attached hydrogens (tertiary/aromatic N) is 2. The normalized spacial score (nSPS) is 13.4. The summed E-state index contributed by atoms with van der Waals surface area (Å²) in [5.41, 5.74) is 12.7. The van der Waals surface area contributed by atoms with E-state index in [1.54, 1.807) is 29.9 Å². The highest BCUT2D eigenvalue weighted by molar-refractivity contribution is 7.89. The average Bonchev–Trinajstić information content (AvgIpc) is 3.23. The number of sulfonamides is 1. The van der Waals surface area contributed by atoms with Crippen molar-refractivity contribution in [2.75, 3.05) is 18.5 Å². The molecule has 3 aromatic rings. The van der Waals surface area contributed by atoms with Crippen LogP contribution in [0, 0.1) is 0 Å². The zero-order chi connectivity index (χ0) is 25.0. The lowest BCUT2D eigenvalue weighted by molar-refractivity contribution is -0.133. The largest absolute Gasteiger partial charge is 0.396 e. The Kier molecular flexibility index (Phi) is 8.14. The molecule has 11 heteroatoms. The number of halogens is 2. The third kappa shape index (κ3) is 5.85. The van der Waals surface area contributed by atoms with Crippen molar-refractivity contribution in [2.24, 2.45) is 0 Å². The maximum Gasteiger partial charge on any atom is 0.241 e. The number of aromatic nitrogens is 1. The molecule has 0 saturated heterocycles. The van der Waals surface area contributed by atoms with Crippen LogP contribution in [0.1, 0.15) is 24.9 Å². The first kappa shape index (κ1) is 25.9. The SMILES string of the molecule is C[C@H](c1ccccc1)N(C)C(=O)C(CCn1cccc1N)NS(=O)(=O)c1cc(Cl)c(N)c(Cl)c1. The van der Waals surface area contributed by atoms with Crippen molar-refractivity contribution >= 4 is 50.6 Å². The third-order valence-corrected chi connectivity index (χ3v) is 7.77. The van der Waals surface area contributed by atoms with Crippen molar-refractivity contribution in [3.05, 3.63) is 76.4 Å². The van der Waals surface area contributed by atoms with E-state index in [-0.39, 0.29) is 33.1 Å². The Balaban J connectivity index is 1.89. The molecule has 0 radical (unpaired) electrons. The number of amides is 1. The molecule has 3 rings (SSSR count). The summed E-state index contributed by atoms with van der Waals surface area (Å²) in [4.78, 5) is 14.8. The topological polar surface area (TPSA) is 123 Å². The molecular formula is C23H27Cl2N5O3S. The standard InChI is InChI=1S/C23H27Cl2N5O3S/c1-15(16-7-4-3-5-8-16)29(2)23(31)20(10-12-30-11-6-9-21(30)26)28-34(32,33)17-13-18(24)22(27)19(25)14-17/h3-9,11,13-15,20,28H,10,12,26-27H2,1-2H3/t15-,20?/m1/s1. The molecule has 1 heterocycles. The highest BCUT2D eigenvalue weighted by Gasteiger charge is 2.30. The van der Waals surface area contributed by atoms with Gasteiger partial charge in [0.05, 0.1) is 26.7 Å². The number of benzene rings is 2. The van der Waals surface area contributed by atoms with E-state index in [0.717, 1.165) is 5.56 Å². The molecule has 0 aliphatic rings. The van der Waals surface area contributed by atoms with Crippen molar-refractivity contribution in [1.82, 2.24) is 14.2 Å². The van der Waals surface area contributed by atoms with E-state index in [1.807, 2.05) is 37.3 Å². The van der Waals surface area contributed by atoms with E-state index < -0.39 is 22.0 Å². The Morgan fingerprint density at radius 3 is 2.26 bits per heavy atom. The van der Waals surface area contributed by atoms with E-state index in [1.165, 1.54) is 17.0 Å². The zero-order valence-electron chi connectivity index (χ0n) is 18.8. The van der Waals surface area contributed by atoms with Crippen LogP contribution in [-0.4, -0.2) is 36.9 Å². The maximum atomic E-state index is 13.5. The lowest BCUT2D eigenvalue weighted by Crippen LogP contribution is -2.48. The zero-order valence-corrected chi connectivity index (χ0v) is 21.1. The second-order valence-electron chi connectivity index (χ2n) is 7.93. The predicted molar refractivity (Wildman–Crippen MR) is 136 cm³/mol. The van der Waals surface area contributed by atoms with Crippen LogP contribution >= 0.6 is 23.2 Å². The van der Waals surface area contributed by atoms with Crippen LogP contribution in [-0.2, 0) is 21.4 Å². The lowest BCUT2D eigenvalue weighted by Gasteiger charge is -2.30. The first-order chi connectivity index (χ1) is 16.0. The van der Waals surface area contributed by atoms with Crippen molar-refractivity contribution in [3.63, 3.8) is 0 Å². The Hall–Kier alpha value is -2.72. The molecular weight excluding hydrogens is 497 g/mol. The van der Waals surface area contributed by atoms with Crippen LogP contribution in [0.5, 0.6) is 0 Å². The predicted octanol–water partition coefficient (Wildman–Crippen LogP) is 3.92. The van der Waals surface area contributed by atoms with Gasteiger partial charge in [0.15, 0.2) is 0 Å². The number of nitrogens with one attached hydrogen (secondary N) is 1. The quantitative estimate of drug-likeness (QED) is 0.366. The first-order valence-corrected chi connectivity index (χ1v) is 12.7. The van der Waals surface area contributed by atoms with Gasteiger partial charge in [0, 0.05) is 19.8 Å². The Morgan fingerprint density at radius 2 is 1.71 bits per heavy atom. The van der Waals surface area contributed by atoms with Gasteiger partial charge in [-0.2, -0.15) is 4.72 Å². The number of carbonyl (C=O) groups is 1. The molecule has 2 atom stereocenters. The van der Waals surface area contributed by atoms with Crippen molar-refractivity contribution in [3.8, 4) is 0 Å². The summed E-state index contributed by atoms with van der Waals surface area (Å²) in [6.07, 6.45) is 1.93. The second-order valence-corrected chi connectivity index (χ2v) is 10.5. The summed E-state index contributed by atoms with van der Waals surface area (Å²) >= 11 is 12.1. The molecule has 34 heavy (non-hydrogen) atoms. The maximum absolute atomic E-state index is 13.5. The minimum Gasteiger partial charge on any atom is -0.396 e. The molecule has 1 unspecified atom stereocenters. The van der Waals surface area contributed by atoms with E-state index in [9.17, 15) is 13.2 Å². The van der Waals surface area contributed by atoms with Crippen LogP contribution in [0.25, 0.3) is 0 Å². The number of anilines is 2. The first-order valence-electron chi connectivity index (χ1n) is 10.5. The van der Waals surface area contributed by atoms with Crippen LogP contribution in [0.3, 0.4) is 0 Å². The smallest absolute Gasteiger partial charge is 0.241 e. The molecule has 0 saturated carbocycles. The van der Waals surface area contributed by atoms with Crippen molar-refractivity contribution in [2.45, 2.75) is 36.9 Å². The number of aryl methyl sites for hydroxylation is 1.